The smallest absolute Gasteiger partial charge is 0.331 e. The van der Waals surface area contributed by atoms with Crippen molar-refractivity contribution < 1.29 is 62.9 Å². The van der Waals surface area contributed by atoms with E-state index in [0.717, 1.165) is 0 Å². The van der Waals surface area contributed by atoms with E-state index in [-0.39, 0.29) is 42.9 Å². The maximum Gasteiger partial charge on any atom is 0.331 e. The Labute approximate surface area is 359 Å². The number of carbonyl (C=O) groups is 3. The number of hydrogen-bond donors (Lipinski definition) is 3. The number of aliphatic hydroxyl groups is 3. The predicted octanol–water partition coefficient (Wildman–Crippen LogP) is 4.84. The maximum absolute atomic E-state index is 13.6. The van der Waals surface area contributed by atoms with Gasteiger partial charge in [-0.15, -0.1) is 0 Å². The van der Waals surface area contributed by atoms with Crippen LogP contribution in [0.3, 0.4) is 0 Å². The highest BCUT2D eigenvalue weighted by Crippen LogP contribution is 2.34. The Morgan fingerprint density at radius 2 is 1.60 bits per heavy atom. The van der Waals surface area contributed by atoms with Crippen molar-refractivity contribution in [3.8, 4) is 0 Å². The quantitative estimate of drug-likeness (QED) is 0.0971. The molecule has 60 heavy (non-hydrogen) atoms. The largest absolute Gasteiger partial charge is 0.458 e. The lowest BCUT2D eigenvalue weighted by molar-refractivity contribution is -0.159. The van der Waals surface area contributed by atoms with Crippen molar-refractivity contribution >= 4 is 18.2 Å². The molecule has 2 aliphatic rings. The van der Waals surface area contributed by atoms with Crippen LogP contribution >= 0.6 is 0 Å². The number of methoxy groups -OCH3 is 5. The van der Waals surface area contributed by atoms with Crippen LogP contribution in [0.15, 0.2) is 48.2 Å². The van der Waals surface area contributed by atoms with Gasteiger partial charge < -0.3 is 53.4 Å². The van der Waals surface area contributed by atoms with E-state index in [4.69, 9.17) is 33.2 Å². The zero-order valence-electron chi connectivity index (χ0n) is 38.2. The zero-order chi connectivity index (χ0) is 45.1. The van der Waals surface area contributed by atoms with Crippen LogP contribution in [0.1, 0.15) is 80.1 Å². The van der Waals surface area contributed by atoms with E-state index in [1.807, 2.05) is 46.8 Å². The Kier molecular flexibility index (Phi) is 24.3. The summed E-state index contributed by atoms with van der Waals surface area (Å²) < 4.78 is 42.1. The van der Waals surface area contributed by atoms with E-state index in [9.17, 15) is 29.7 Å². The number of fused-ring (bicyclic) bond motifs is 2. The van der Waals surface area contributed by atoms with Crippen LogP contribution in [-0.2, 0) is 47.5 Å². The molecule has 2 heterocycles. The van der Waals surface area contributed by atoms with Crippen LogP contribution in [0.25, 0.3) is 0 Å². The van der Waals surface area contributed by atoms with Crippen molar-refractivity contribution in [2.75, 3.05) is 49.2 Å². The molecule has 0 unspecified atom stereocenters. The van der Waals surface area contributed by atoms with Crippen LogP contribution in [0, 0.1) is 35.5 Å². The van der Waals surface area contributed by atoms with Crippen LogP contribution in [0.4, 0.5) is 0 Å². The molecule has 0 aromatic carbocycles. The first-order valence-electron chi connectivity index (χ1n) is 21.4. The van der Waals surface area contributed by atoms with Gasteiger partial charge in [-0.1, -0.05) is 70.6 Å². The van der Waals surface area contributed by atoms with Gasteiger partial charge in [0.2, 0.25) is 6.41 Å². The standard InChI is InChI=1S/C46H77NO13/c1-28-16-19-43(52)60-46(33(6)44(53)29(2)17-18-37(50)31(4)45(58-12)30(3)20-21-47(7)27-49)32(5)39(54-8)25-41(56-10)36(26-48)40(55-9)23-34-14-13-15-35(59-34)24-42(57-11)38(51)22-28/h13,15-16,19-22,27,29-36,38-42,44-46,48,51,53H,14,17-18,23-26H2,1-12H3/b19-16-,21-20+,28-22+/t29-,30+,31-,32-,33-,34-,35-,36+,38-,39+,40-,41-,42+,44-,45+,46-/m0/s1. The second-order valence-corrected chi connectivity index (χ2v) is 16.9. The van der Waals surface area contributed by atoms with Crippen molar-refractivity contribution in [2.45, 2.75) is 141 Å². The zero-order valence-corrected chi connectivity index (χ0v) is 38.2. The summed E-state index contributed by atoms with van der Waals surface area (Å²) in [4.78, 5) is 39.5. The van der Waals surface area contributed by atoms with E-state index in [1.165, 1.54) is 18.1 Å². The fourth-order valence-corrected chi connectivity index (χ4v) is 8.66. The average Bonchev–Trinajstić information content (AvgIpc) is 3.24. The number of hydrogen-bond acceptors (Lipinski definition) is 13. The molecule has 2 aliphatic heterocycles. The summed E-state index contributed by atoms with van der Waals surface area (Å²) in [6.07, 6.45) is 9.18. The average molecular weight is 852 g/mol. The fraction of sp³-hybridized carbons (Fsp3) is 0.761. The number of amides is 1. The van der Waals surface area contributed by atoms with Gasteiger partial charge >= 0.3 is 5.97 Å². The van der Waals surface area contributed by atoms with E-state index in [1.54, 1.807) is 60.8 Å². The molecule has 14 nitrogen and oxygen atoms in total. The number of cyclic esters (lactones) is 1. The molecule has 14 heteroatoms. The number of esters is 1. The minimum absolute atomic E-state index is 0.0143. The summed E-state index contributed by atoms with van der Waals surface area (Å²) in [5.41, 5.74) is 0.615. The number of ketones is 1. The van der Waals surface area contributed by atoms with E-state index < -0.39 is 78.5 Å². The molecule has 16 atom stereocenters. The van der Waals surface area contributed by atoms with Gasteiger partial charge in [0.1, 0.15) is 11.9 Å². The highest BCUT2D eigenvalue weighted by molar-refractivity contribution is 5.82. The lowest BCUT2D eigenvalue weighted by Crippen LogP contribution is -2.47. The number of nitrogens with zero attached hydrogens (tertiary/aromatic N) is 1. The number of ether oxygens (including phenoxy) is 7. The molecule has 0 aliphatic carbocycles. The monoisotopic (exact) mass is 852 g/mol. The third kappa shape index (κ3) is 16.2. The number of allylic oxidation sites excluding steroid dienone is 2. The highest BCUT2D eigenvalue weighted by atomic mass is 16.6. The molecule has 0 fully saturated rings. The Morgan fingerprint density at radius 3 is 2.18 bits per heavy atom. The second-order valence-electron chi connectivity index (χ2n) is 16.9. The van der Waals surface area contributed by atoms with Crippen LogP contribution < -0.4 is 0 Å². The normalized spacial score (nSPS) is 33.3. The summed E-state index contributed by atoms with van der Waals surface area (Å²) in [7, 11) is 9.47. The summed E-state index contributed by atoms with van der Waals surface area (Å²) in [6, 6.07) is 0. The van der Waals surface area contributed by atoms with Gasteiger partial charge in [-0.3, -0.25) is 9.59 Å². The van der Waals surface area contributed by atoms with Crippen molar-refractivity contribution in [1.82, 2.24) is 4.90 Å². The molecule has 0 spiro atoms. The number of carbonyl (C=O) groups excluding carboxylic acids is 3. The van der Waals surface area contributed by atoms with Crippen molar-refractivity contribution in [3.05, 3.63) is 48.2 Å². The van der Waals surface area contributed by atoms with Gasteiger partial charge in [0, 0.05) is 110 Å². The van der Waals surface area contributed by atoms with Crippen LogP contribution in [0.5, 0.6) is 0 Å². The van der Waals surface area contributed by atoms with Gasteiger partial charge in [0.25, 0.3) is 0 Å². The molecule has 0 saturated carbocycles. The van der Waals surface area contributed by atoms with Crippen molar-refractivity contribution in [1.29, 1.82) is 0 Å². The molecule has 0 aromatic rings. The Balaban J connectivity index is 2.45. The number of rotatable bonds is 18. The third-order valence-corrected chi connectivity index (χ3v) is 12.6. The van der Waals surface area contributed by atoms with Gasteiger partial charge in [0.05, 0.1) is 61.5 Å². The van der Waals surface area contributed by atoms with Gasteiger partial charge in [-0.05, 0) is 25.7 Å². The van der Waals surface area contributed by atoms with Gasteiger partial charge in [-0.2, -0.15) is 0 Å². The minimum atomic E-state index is -0.996. The van der Waals surface area contributed by atoms with Gasteiger partial charge in [-0.25, -0.2) is 4.79 Å². The molecule has 3 N–H and O–H groups in total. The van der Waals surface area contributed by atoms with E-state index >= 15 is 0 Å². The van der Waals surface area contributed by atoms with E-state index in [2.05, 4.69) is 6.08 Å². The second kappa shape index (κ2) is 27.3. The molecular weight excluding hydrogens is 774 g/mol. The first-order valence-corrected chi connectivity index (χ1v) is 21.4. The number of Topliss-reactive ketones (excluding diaryl/α,β-unsaturated/α-hetero) is 1. The Bertz CT molecular complexity index is 1400. The third-order valence-electron chi connectivity index (χ3n) is 12.6. The first kappa shape index (κ1) is 53.3. The van der Waals surface area contributed by atoms with E-state index in [0.29, 0.717) is 44.1 Å². The maximum atomic E-state index is 13.6. The number of aliphatic hydroxyl groups excluding tert-OH is 3. The lowest BCUT2D eigenvalue weighted by atomic mass is 9.78. The summed E-state index contributed by atoms with van der Waals surface area (Å²) >= 11 is 0. The minimum Gasteiger partial charge on any atom is -0.458 e. The molecule has 0 radical (unpaired) electrons. The molecule has 0 saturated heterocycles. The topological polar surface area (TPSA) is 180 Å². The van der Waals surface area contributed by atoms with Crippen molar-refractivity contribution in [3.63, 3.8) is 0 Å². The summed E-state index contributed by atoms with van der Waals surface area (Å²) in [6.45, 7) is 10.9. The summed E-state index contributed by atoms with van der Waals surface area (Å²) in [5, 5.41) is 33.8. The Morgan fingerprint density at radius 1 is 0.967 bits per heavy atom. The van der Waals surface area contributed by atoms with Crippen molar-refractivity contribution in [2.24, 2.45) is 35.5 Å². The fourth-order valence-electron chi connectivity index (χ4n) is 8.66. The predicted molar refractivity (Wildman–Crippen MR) is 229 cm³/mol. The molecular formula is C46H77NO13. The Hall–Kier alpha value is -2.79. The SMILES string of the molecule is CO[C@H]([C@H](C)/C=C/N(C)C=O)[C@@H](C)C(=O)CC[C@H](C)[C@H](O)[C@H](C)[C@H]1OC(=O)/C=C\C(C)=C\[C@H](O)[C@H](OC)C[C@@H]2C=CC[C@@H](C[C@H](OC)[C@@H](CO)[C@@H](OC)C[C@@H](OC)[C@@H]1C)O2. The van der Waals surface area contributed by atoms with Crippen LogP contribution in [-0.4, -0.2) is 149 Å². The molecule has 1 amide bonds. The molecule has 0 aromatic heterocycles. The molecule has 2 rings (SSSR count). The van der Waals surface area contributed by atoms with Crippen LogP contribution in [0.2, 0.25) is 0 Å². The first-order chi connectivity index (χ1) is 28.5. The molecule has 2 bridgehead atoms. The lowest BCUT2D eigenvalue weighted by Gasteiger charge is -2.39. The highest BCUT2D eigenvalue weighted by Gasteiger charge is 2.41. The summed E-state index contributed by atoms with van der Waals surface area (Å²) in [5.74, 6) is -3.15. The molecule has 344 valence electrons. The van der Waals surface area contributed by atoms with Gasteiger partial charge in [0.15, 0.2) is 0 Å².